The zero-order valence-electron chi connectivity index (χ0n) is 13.5. The van der Waals surface area contributed by atoms with Crippen LogP contribution in [0.2, 0.25) is 0 Å². The standard InChI is InChI=1S/C17H19FN2O3S2/c18-13-7-9-14(10-8-13)25(22,23)20-19-17(21)16-11-12-5-3-1-2-4-6-15(12)24-16/h7-11,20H,1-6H2,(H,19,21). The van der Waals surface area contributed by atoms with E-state index in [1.54, 1.807) is 0 Å². The molecule has 1 aromatic carbocycles. The molecule has 0 aliphatic heterocycles. The lowest BCUT2D eigenvalue weighted by Crippen LogP contribution is -2.41. The second kappa shape index (κ2) is 7.63. The largest absolute Gasteiger partial charge is 0.276 e. The lowest BCUT2D eigenvalue weighted by molar-refractivity contribution is 0.0949. The minimum Gasteiger partial charge on any atom is -0.273 e. The molecule has 1 amide bonds. The zero-order chi connectivity index (χ0) is 17.9. The molecule has 0 unspecified atom stereocenters. The number of benzene rings is 1. The lowest BCUT2D eigenvalue weighted by Gasteiger charge is -2.07. The Morgan fingerprint density at radius 2 is 1.72 bits per heavy atom. The van der Waals surface area contributed by atoms with E-state index >= 15 is 0 Å². The van der Waals surface area contributed by atoms with Crippen LogP contribution in [0, 0.1) is 5.82 Å². The van der Waals surface area contributed by atoms with Gasteiger partial charge in [0.15, 0.2) is 0 Å². The molecule has 2 N–H and O–H groups in total. The average molecular weight is 382 g/mol. The molecule has 25 heavy (non-hydrogen) atoms. The van der Waals surface area contributed by atoms with Crippen molar-refractivity contribution >= 4 is 27.3 Å². The minimum absolute atomic E-state index is 0.118. The lowest BCUT2D eigenvalue weighted by atomic mass is 10.00. The number of aryl methyl sites for hydroxylation is 2. The third-order valence-electron chi connectivity index (χ3n) is 4.14. The van der Waals surface area contributed by atoms with Crippen LogP contribution in [0.15, 0.2) is 35.2 Å². The van der Waals surface area contributed by atoms with Gasteiger partial charge in [-0.15, -0.1) is 16.2 Å². The van der Waals surface area contributed by atoms with Gasteiger partial charge in [-0.25, -0.2) is 12.8 Å². The molecule has 0 atom stereocenters. The summed E-state index contributed by atoms with van der Waals surface area (Å²) in [4.78, 5) is 15.9. The smallest absolute Gasteiger partial charge is 0.273 e. The Bertz CT molecular complexity index is 835. The second-order valence-corrected chi connectivity index (χ2v) is 8.81. The van der Waals surface area contributed by atoms with Crippen molar-refractivity contribution in [3.05, 3.63) is 51.5 Å². The first-order valence-corrected chi connectivity index (χ1v) is 10.4. The van der Waals surface area contributed by atoms with Gasteiger partial charge >= 0.3 is 0 Å². The summed E-state index contributed by atoms with van der Waals surface area (Å²) < 4.78 is 37.1. The minimum atomic E-state index is -3.94. The summed E-state index contributed by atoms with van der Waals surface area (Å²) in [5.41, 5.74) is 3.42. The summed E-state index contributed by atoms with van der Waals surface area (Å²) in [7, 11) is -3.94. The van der Waals surface area contributed by atoms with E-state index in [0.29, 0.717) is 4.88 Å². The Morgan fingerprint density at radius 1 is 1.04 bits per heavy atom. The number of carbonyl (C=O) groups is 1. The molecule has 1 aromatic heterocycles. The summed E-state index contributed by atoms with van der Waals surface area (Å²) in [5.74, 6) is -1.01. The number of thiophene rings is 1. The Hall–Kier alpha value is -1.77. The van der Waals surface area contributed by atoms with Gasteiger partial charge in [-0.2, -0.15) is 0 Å². The molecule has 0 spiro atoms. The van der Waals surface area contributed by atoms with E-state index in [2.05, 4.69) is 10.3 Å². The predicted molar refractivity (Wildman–Crippen MR) is 94.4 cm³/mol. The predicted octanol–water partition coefficient (Wildman–Crippen LogP) is 3.17. The van der Waals surface area contributed by atoms with Crippen molar-refractivity contribution in [1.82, 2.24) is 10.3 Å². The number of hydrogen-bond donors (Lipinski definition) is 2. The number of hydrazine groups is 1. The van der Waals surface area contributed by atoms with Crippen molar-refractivity contribution in [1.29, 1.82) is 0 Å². The first-order chi connectivity index (χ1) is 12.0. The molecular formula is C17H19FN2O3S2. The molecule has 0 bridgehead atoms. The van der Waals surface area contributed by atoms with E-state index in [-0.39, 0.29) is 4.90 Å². The maximum Gasteiger partial charge on any atom is 0.276 e. The van der Waals surface area contributed by atoms with Crippen LogP contribution in [0.5, 0.6) is 0 Å². The Kier molecular flexibility index (Phi) is 5.51. The molecule has 0 saturated heterocycles. The van der Waals surface area contributed by atoms with Crippen LogP contribution >= 0.6 is 11.3 Å². The maximum atomic E-state index is 12.9. The van der Waals surface area contributed by atoms with Gasteiger partial charge in [0.05, 0.1) is 9.77 Å². The van der Waals surface area contributed by atoms with E-state index in [9.17, 15) is 17.6 Å². The molecule has 0 radical (unpaired) electrons. The first kappa shape index (κ1) is 18.0. The first-order valence-electron chi connectivity index (χ1n) is 8.15. The number of carbonyl (C=O) groups excluding carboxylic acids is 1. The molecule has 1 aliphatic rings. The van der Waals surface area contributed by atoms with Crippen molar-refractivity contribution in [2.45, 2.75) is 43.4 Å². The maximum absolute atomic E-state index is 12.9. The van der Waals surface area contributed by atoms with Crippen molar-refractivity contribution < 1.29 is 17.6 Å². The quantitative estimate of drug-likeness (QED) is 0.798. The third kappa shape index (κ3) is 4.45. The van der Waals surface area contributed by atoms with Gasteiger partial charge in [0.1, 0.15) is 5.82 Å². The summed E-state index contributed by atoms with van der Waals surface area (Å²) in [5, 5.41) is 0. The normalized spacial score (nSPS) is 15.1. The van der Waals surface area contributed by atoms with E-state index in [1.807, 2.05) is 6.07 Å². The summed E-state index contributed by atoms with van der Waals surface area (Å²) in [6.07, 6.45) is 6.56. The number of hydrogen-bond acceptors (Lipinski definition) is 4. The zero-order valence-corrected chi connectivity index (χ0v) is 15.2. The Morgan fingerprint density at radius 3 is 2.44 bits per heavy atom. The fourth-order valence-corrected chi connectivity index (χ4v) is 4.79. The molecule has 2 aromatic rings. The Balaban J connectivity index is 1.68. The monoisotopic (exact) mass is 382 g/mol. The molecule has 0 saturated carbocycles. The number of halogens is 1. The van der Waals surface area contributed by atoms with Gasteiger partial charge in [0, 0.05) is 4.88 Å². The van der Waals surface area contributed by atoms with Crippen LogP contribution < -0.4 is 10.3 Å². The SMILES string of the molecule is O=C(NNS(=O)(=O)c1ccc(F)cc1)c1cc2c(s1)CCCCCC2. The molecule has 1 aliphatic carbocycles. The third-order valence-corrected chi connectivity index (χ3v) is 6.64. The molecular weight excluding hydrogens is 363 g/mol. The molecule has 5 nitrogen and oxygen atoms in total. The van der Waals surface area contributed by atoms with Crippen molar-refractivity contribution in [3.8, 4) is 0 Å². The molecule has 3 rings (SSSR count). The number of sulfonamides is 1. The second-order valence-electron chi connectivity index (χ2n) is 5.99. The van der Waals surface area contributed by atoms with Crippen LogP contribution in [0.4, 0.5) is 4.39 Å². The fraction of sp³-hybridized carbons (Fsp3) is 0.353. The van der Waals surface area contributed by atoms with E-state index in [1.165, 1.54) is 34.6 Å². The highest BCUT2D eigenvalue weighted by molar-refractivity contribution is 7.89. The molecule has 8 heteroatoms. The number of nitrogens with one attached hydrogen (secondary N) is 2. The number of fused-ring (bicyclic) bond motifs is 1. The van der Waals surface area contributed by atoms with Gasteiger partial charge in [0.2, 0.25) is 0 Å². The van der Waals surface area contributed by atoms with Crippen molar-refractivity contribution in [2.24, 2.45) is 0 Å². The number of rotatable bonds is 4. The van der Waals surface area contributed by atoms with Crippen molar-refractivity contribution in [3.63, 3.8) is 0 Å². The molecule has 1 heterocycles. The van der Waals surface area contributed by atoms with Crippen molar-refractivity contribution in [2.75, 3.05) is 0 Å². The molecule has 0 fully saturated rings. The average Bonchev–Trinajstić information content (AvgIpc) is 2.95. The Labute approximate surface area is 150 Å². The van der Waals surface area contributed by atoms with Crippen LogP contribution in [-0.4, -0.2) is 14.3 Å². The summed E-state index contributed by atoms with van der Waals surface area (Å²) in [6, 6.07) is 6.24. The fourth-order valence-electron chi connectivity index (χ4n) is 2.80. The van der Waals surface area contributed by atoms with Gasteiger partial charge in [-0.1, -0.05) is 12.8 Å². The van der Waals surface area contributed by atoms with Gasteiger partial charge in [-0.05, 0) is 61.6 Å². The van der Waals surface area contributed by atoms with Gasteiger partial charge < -0.3 is 0 Å². The summed E-state index contributed by atoms with van der Waals surface area (Å²) >= 11 is 1.42. The molecule has 134 valence electrons. The summed E-state index contributed by atoms with van der Waals surface area (Å²) in [6.45, 7) is 0. The van der Waals surface area contributed by atoms with Gasteiger partial charge in [-0.3, -0.25) is 10.2 Å². The highest BCUT2D eigenvalue weighted by Gasteiger charge is 2.19. The highest BCUT2D eigenvalue weighted by Crippen LogP contribution is 2.28. The van der Waals surface area contributed by atoms with Gasteiger partial charge in [0.25, 0.3) is 15.9 Å². The van der Waals surface area contributed by atoms with E-state index in [4.69, 9.17) is 0 Å². The van der Waals surface area contributed by atoms with Crippen LogP contribution in [0.25, 0.3) is 0 Å². The van der Waals surface area contributed by atoms with Crippen LogP contribution in [0.3, 0.4) is 0 Å². The highest BCUT2D eigenvalue weighted by atomic mass is 32.2. The number of amides is 1. The van der Waals surface area contributed by atoms with Crippen LogP contribution in [-0.2, 0) is 22.9 Å². The van der Waals surface area contributed by atoms with Crippen LogP contribution in [0.1, 0.15) is 45.8 Å². The topological polar surface area (TPSA) is 75.3 Å². The van der Waals surface area contributed by atoms with E-state index < -0.39 is 21.7 Å². The van der Waals surface area contributed by atoms with E-state index in [0.717, 1.165) is 49.9 Å².